The van der Waals surface area contributed by atoms with E-state index in [0.717, 1.165) is 34.0 Å². The molecule has 4 aromatic rings. The number of anilines is 5. The van der Waals surface area contributed by atoms with E-state index in [4.69, 9.17) is 9.17 Å². The summed E-state index contributed by atoms with van der Waals surface area (Å²) in [5, 5.41) is 3.26. The second-order valence-corrected chi connectivity index (χ2v) is 8.47. The Morgan fingerprint density at radius 2 is 1.59 bits per heavy atom. The molecular formula is C26H25N5O2S. The summed E-state index contributed by atoms with van der Waals surface area (Å²) >= 11 is 1.30. The van der Waals surface area contributed by atoms with Crippen LogP contribution in [0.3, 0.4) is 0 Å². The number of carbonyl (C=O) groups excluding carboxylic acids is 1. The van der Waals surface area contributed by atoms with E-state index >= 15 is 0 Å². The number of aromatic nitrogens is 2. The van der Waals surface area contributed by atoms with Crippen LogP contribution in [0.15, 0.2) is 90.0 Å². The Hall–Kier alpha value is -4.04. The van der Waals surface area contributed by atoms with Crippen molar-refractivity contribution in [2.45, 2.75) is 4.90 Å². The van der Waals surface area contributed by atoms with Crippen LogP contribution in [0.1, 0.15) is 10.4 Å². The van der Waals surface area contributed by atoms with Crippen LogP contribution in [0.5, 0.6) is 5.75 Å². The van der Waals surface area contributed by atoms with Crippen molar-refractivity contribution < 1.29 is 8.98 Å². The molecule has 1 N–H and O–H groups in total. The number of carbonyl (C=O) groups is 1. The van der Waals surface area contributed by atoms with Gasteiger partial charge >= 0.3 is 0 Å². The number of para-hydroxylation sites is 2. The van der Waals surface area contributed by atoms with E-state index in [-0.39, 0.29) is 0 Å². The van der Waals surface area contributed by atoms with Crippen LogP contribution in [-0.2, 0) is 0 Å². The minimum Gasteiger partial charge on any atom is -0.421 e. The summed E-state index contributed by atoms with van der Waals surface area (Å²) in [6.45, 7) is 0. The zero-order chi connectivity index (χ0) is 23.9. The van der Waals surface area contributed by atoms with Crippen LogP contribution in [0, 0.1) is 0 Å². The van der Waals surface area contributed by atoms with Crippen molar-refractivity contribution in [1.29, 1.82) is 0 Å². The van der Waals surface area contributed by atoms with Gasteiger partial charge in [-0.25, -0.2) is 4.98 Å². The molecule has 172 valence electrons. The smallest absolute Gasteiger partial charge is 0.229 e. The number of nitrogens with one attached hydrogen (secondary N) is 1. The Morgan fingerprint density at radius 1 is 0.882 bits per heavy atom. The minimum atomic E-state index is 0.456. The summed E-state index contributed by atoms with van der Waals surface area (Å²) in [6, 6.07) is 24.9. The Bertz CT molecular complexity index is 1250. The molecule has 1 heterocycles. The number of nitrogens with zero attached hydrogens (tertiary/aromatic N) is 4. The molecule has 0 radical (unpaired) electrons. The van der Waals surface area contributed by atoms with E-state index in [1.807, 2.05) is 104 Å². The molecule has 7 nitrogen and oxygen atoms in total. The highest BCUT2D eigenvalue weighted by Crippen LogP contribution is 2.33. The maximum Gasteiger partial charge on any atom is 0.229 e. The fourth-order valence-corrected chi connectivity index (χ4v) is 3.84. The van der Waals surface area contributed by atoms with Crippen molar-refractivity contribution in [3.63, 3.8) is 0 Å². The third-order valence-electron chi connectivity index (χ3n) is 5.06. The summed E-state index contributed by atoms with van der Waals surface area (Å²) in [7, 11) is 5.76. The summed E-state index contributed by atoms with van der Waals surface area (Å²) in [4.78, 5) is 25.6. The summed E-state index contributed by atoms with van der Waals surface area (Å²) < 4.78 is 5.73. The van der Waals surface area contributed by atoms with Gasteiger partial charge < -0.3 is 19.3 Å². The van der Waals surface area contributed by atoms with Gasteiger partial charge in [0.1, 0.15) is 5.75 Å². The molecule has 1 aromatic heterocycles. The first-order valence-corrected chi connectivity index (χ1v) is 11.4. The lowest BCUT2D eigenvalue weighted by molar-refractivity contribution is 0.112. The van der Waals surface area contributed by atoms with Gasteiger partial charge in [0, 0.05) is 37.3 Å². The van der Waals surface area contributed by atoms with Crippen molar-refractivity contribution in [2.75, 3.05) is 36.3 Å². The van der Waals surface area contributed by atoms with Crippen molar-refractivity contribution in [3.8, 4) is 5.75 Å². The fourth-order valence-electron chi connectivity index (χ4n) is 3.29. The molecule has 0 saturated heterocycles. The molecule has 0 amide bonds. The Labute approximate surface area is 203 Å². The molecular weight excluding hydrogens is 446 g/mol. The third-order valence-corrected chi connectivity index (χ3v) is 5.80. The Morgan fingerprint density at radius 3 is 2.29 bits per heavy atom. The highest BCUT2D eigenvalue weighted by molar-refractivity contribution is 7.95. The first-order chi connectivity index (χ1) is 16.5. The van der Waals surface area contributed by atoms with E-state index in [2.05, 4.69) is 10.3 Å². The highest BCUT2D eigenvalue weighted by Gasteiger charge is 2.17. The van der Waals surface area contributed by atoms with Gasteiger partial charge in [0.2, 0.25) is 5.95 Å². The molecule has 8 heteroatoms. The third kappa shape index (κ3) is 5.47. The van der Waals surface area contributed by atoms with Gasteiger partial charge in [0.05, 0.1) is 29.6 Å². The summed E-state index contributed by atoms with van der Waals surface area (Å²) in [5.74, 6) is 1.94. The van der Waals surface area contributed by atoms with Crippen molar-refractivity contribution in [2.24, 2.45) is 0 Å². The maximum absolute atomic E-state index is 11.6. The van der Waals surface area contributed by atoms with Crippen molar-refractivity contribution in [3.05, 3.63) is 90.6 Å². The molecule has 0 aliphatic carbocycles. The van der Waals surface area contributed by atoms with Gasteiger partial charge in [0.25, 0.3) is 0 Å². The molecule has 0 aliphatic heterocycles. The van der Waals surface area contributed by atoms with E-state index in [1.165, 1.54) is 12.0 Å². The van der Waals surface area contributed by atoms with Crippen molar-refractivity contribution >= 4 is 47.2 Å². The predicted molar refractivity (Wildman–Crippen MR) is 139 cm³/mol. The average Bonchev–Trinajstić information content (AvgIpc) is 2.88. The molecule has 0 saturated carbocycles. The van der Waals surface area contributed by atoms with E-state index in [9.17, 15) is 4.79 Å². The molecule has 0 aliphatic rings. The highest BCUT2D eigenvalue weighted by atomic mass is 32.2. The molecule has 34 heavy (non-hydrogen) atoms. The molecule has 0 spiro atoms. The molecule has 0 bridgehead atoms. The number of hydrogen-bond acceptors (Lipinski definition) is 8. The minimum absolute atomic E-state index is 0.456. The number of rotatable bonds is 9. The normalized spacial score (nSPS) is 10.4. The standard InChI is InChI=1S/C26H25N5O2S/c1-30(2)24-17-27-26(29-25(24)31(3)23-12-8-7-9-19(23)18-32)28-20-13-15-22(16-14-20)34-33-21-10-5-4-6-11-21/h4-18H,1-3H3,(H,27,28,29). The van der Waals surface area contributed by atoms with Gasteiger partial charge in [0.15, 0.2) is 12.1 Å². The Kier molecular flexibility index (Phi) is 7.29. The SMILES string of the molecule is CN(C)c1cnc(Nc2ccc(SOc3ccccc3)cc2)nc1N(C)c1ccccc1C=O. The lowest BCUT2D eigenvalue weighted by Crippen LogP contribution is -2.20. The molecule has 0 atom stereocenters. The van der Waals surface area contributed by atoms with Crippen molar-refractivity contribution in [1.82, 2.24) is 9.97 Å². The maximum atomic E-state index is 11.6. The van der Waals surface area contributed by atoms with Gasteiger partial charge in [-0.05, 0) is 48.5 Å². The average molecular weight is 472 g/mol. The van der Waals surface area contributed by atoms with E-state index in [1.54, 1.807) is 12.3 Å². The molecule has 4 rings (SSSR count). The monoisotopic (exact) mass is 471 g/mol. The van der Waals surface area contributed by atoms with Crippen LogP contribution in [0.25, 0.3) is 0 Å². The summed E-state index contributed by atoms with van der Waals surface area (Å²) in [6.07, 6.45) is 2.62. The topological polar surface area (TPSA) is 70.6 Å². The van der Waals surface area contributed by atoms with Crippen LogP contribution in [0.2, 0.25) is 0 Å². The molecule has 0 fully saturated rings. The molecule has 3 aromatic carbocycles. The fraction of sp³-hybridized carbons (Fsp3) is 0.115. The zero-order valence-corrected chi connectivity index (χ0v) is 20.0. The second kappa shape index (κ2) is 10.7. The van der Waals surface area contributed by atoms with E-state index in [0.29, 0.717) is 17.3 Å². The van der Waals surface area contributed by atoms with Crippen LogP contribution < -0.4 is 19.3 Å². The zero-order valence-electron chi connectivity index (χ0n) is 19.2. The summed E-state index contributed by atoms with van der Waals surface area (Å²) in [5.41, 5.74) is 3.04. The van der Waals surface area contributed by atoms with Crippen LogP contribution >= 0.6 is 12.0 Å². The lowest BCUT2D eigenvalue weighted by Gasteiger charge is -2.25. The number of benzene rings is 3. The lowest BCUT2D eigenvalue weighted by atomic mass is 10.2. The Balaban J connectivity index is 1.53. The largest absolute Gasteiger partial charge is 0.421 e. The molecule has 0 unspecified atom stereocenters. The second-order valence-electron chi connectivity index (χ2n) is 7.66. The van der Waals surface area contributed by atoms with Crippen LogP contribution in [0.4, 0.5) is 28.8 Å². The van der Waals surface area contributed by atoms with Gasteiger partial charge in [-0.3, -0.25) is 4.79 Å². The first kappa shape index (κ1) is 23.1. The quantitative estimate of drug-likeness (QED) is 0.237. The van der Waals surface area contributed by atoms with Gasteiger partial charge in [-0.1, -0.05) is 30.3 Å². The van der Waals surface area contributed by atoms with Crippen LogP contribution in [-0.4, -0.2) is 37.4 Å². The van der Waals surface area contributed by atoms with Gasteiger partial charge in [-0.15, -0.1) is 0 Å². The van der Waals surface area contributed by atoms with Gasteiger partial charge in [-0.2, -0.15) is 4.98 Å². The number of aldehydes is 1. The van der Waals surface area contributed by atoms with E-state index < -0.39 is 0 Å². The predicted octanol–water partition coefficient (Wildman–Crippen LogP) is 5.95. The number of hydrogen-bond donors (Lipinski definition) is 1. The first-order valence-electron chi connectivity index (χ1n) is 10.6.